The fourth-order valence-electron chi connectivity index (χ4n) is 1.93. The van der Waals surface area contributed by atoms with Crippen LogP contribution < -0.4 is 5.73 Å². The molecule has 1 fully saturated rings. The van der Waals surface area contributed by atoms with Gasteiger partial charge in [-0.15, -0.1) is 0 Å². The van der Waals surface area contributed by atoms with E-state index < -0.39 is 0 Å². The van der Waals surface area contributed by atoms with Crippen LogP contribution in [0.2, 0.25) is 0 Å². The SMILES string of the molecule is CCN(C)C(=O)COC1(CN)CCCC1. The molecular weight excluding hydrogens is 192 g/mol. The maximum Gasteiger partial charge on any atom is 0.248 e. The Morgan fingerprint density at radius 2 is 2.07 bits per heavy atom. The largest absolute Gasteiger partial charge is 0.364 e. The molecule has 0 atom stereocenters. The number of nitrogens with two attached hydrogens (primary N) is 1. The summed E-state index contributed by atoms with van der Waals surface area (Å²) in [7, 11) is 1.79. The molecule has 1 aliphatic rings. The Morgan fingerprint density at radius 1 is 1.47 bits per heavy atom. The van der Waals surface area contributed by atoms with Gasteiger partial charge < -0.3 is 15.4 Å². The Hall–Kier alpha value is -0.610. The second-order valence-electron chi connectivity index (χ2n) is 4.29. The highest BCUT2D eigenvalue weighted by Gasteiger charge is 2.34. The van der Waals surface area contributed by atoms with Gasteiger partial charge in [0.15, 0.2) is 0 Å². The van der Waals surface area contributed by atoms with Crippen molar-refractivity contribution in [3.63, 3.8) is 0 Å². The average Bonchev–Trinajstić information content (AvgIpc) is 2.74. The lowest BCUT2D eigenvalue weighted by Gasteiger charge is -2.28. The third-order valence-corrected chi connectivity index (χ3v) is 3.29. The predicted molar refractivity (Wildman–Crippen MR) is 59.5 cm³/mol. The summed E-state index contributed by atoms with van der Waals surface area (Å²) < 4.78 is 5.71. The lowest BCUT2D eigenvalue weighted by Crippen LogP contribution is -2.41. The van der Waals surface area contributed by atoms with Crippen molar-refractivity contribution >= 4 is 5.91 Å². The molecule has 1 aliphatic carbocycles. The predicted octanol–water partition coefficient (Wildman–Crippen LogP) is 0.753. The van der Waals surface area contributed by atoms with Crippen LogP contribution in [0.4, 0.5) is 0 Å². The first-order valence-electron chi connectivity index (χ1n) is 5.71. The molecule has 1 rings (SSSR count). The van der Waals surface area contributed by atoms with E-state index in [0.29, 0.717) is 6.54 Å². The van der Waals surface area contributed by atoms with Gasteiger partial charge in [-0.25, -0.2) is 0 Å². The van der Waals surface area contributed by atoms with Gasteiger partial charge in [0.2, 0.25) is 5.91 Å². The molecule has 0 radical (unpaired) electrons. The Bertz CT molecular complexity index is 213. The molecule has 0 bridgehead atoms. The summed E-state index contributed by atoms with van der Waals surface area (Å²) in [5.74, 6) is 0.0391. The number of rotatable bonds is 5. The van der Waals surface area contributed by atoms with Crippen LogP contribution in [0, 0.1) is 0 Å². The van der Waals surface area contributed by atoms with Crippen molar-refractivity contribution < 1.29 is 9.53 Å². The zero-order chi connectivity index (χ0) is 11.3. The summed E-state index contributed by atoms with van der Waals surface area (Å²) in [5, 5.41) is 0. The monoisotopic (exact) mass is 214 g/mol. The van der Waals surface area contributed by atoms with Crippen LogP contribution >= 0.6 is 0 Å². The number of ether oxygens (including phenoxy) is 1. The van der Waals surface area contributed by atoms with Crippen LogP contribution in [0.3, 0.4) is 0 Å². The van der Waals surface area contributed by atoms with E-state index in [0.717, 1.165) is 32.2 Å². The number of carbonyl (C=O) groups excluding carboxylic acids is 1. The molecule has 4 nitrogen and oxygen atoms in total. The smallest absolute Gasteiger partial charge is 0.248 e. The zero-order valence-corrected chi connectivity index (χ0v) is 9.79. The molecule has 0 unspecified atom stereocenters. The Kier molecular flexibility index (Phi) is 4.54. The molecule has 4 heteroatoms. The summed E-state index contributed by atoms with van der Waals surface area (Å²) >= 11 is 0. The third kappa shape index (κ3) is 3.18. The van der Waals surface area contributed by atoms with E-state index in [2.05, 4.69) is 0 Å². The number of amides is 1. The van der Waals surface area contributed by atoms with E-state index in [1.807, 2.05) is 6.92 Å². The number of likely N-dealkylation sites (N-methyl/N-ethyl adjacent to an activating group) is 1. The number of hydrogen-bond acceptors (Lipinski definition) is 3. The third-order valence-electron chi connectivity index (χ3n) is 3.29. The minimum atomic E-state index is -0.218. The van der Waals surface area contributed by atoms with Gasteiger partial charge in [0.1, 0.15) is 6.61 Å². The number of hydrogen-bond donors (Lipinski definition) is 1. The van der Waals surface area contributed by atoms with Gasteiger partial charge in [-0.1, -0.05) is 12.8 Å². The quantitative estimate of drug-likeness (QED) is 0.735. The van der Waals surface area contributed by atoms with Gasteiger partial charge in [-0.2, -0.15) is 0 Å². The van der Waals surface area contributed by atoms with Gasteiger partial charge in [0.25, 0.3) is 0 Å². The maximum absolute atomic E-state index is 11.5. The van der Waals surface area contributed by atoms with E-state index in [4.69, 9.17) is 10.5 Å². The first-order chi connectivity index (χ1) is 7.13. The highest BCUT2D eigenvalue weighted by molar-refractivity contribution is 5.77. The van der Waals surface area contributed by atoms with Crippen molar-refractivity contribution in [1.82, 2.24) is 4.90 Å². The van der Waals surface area contributed by atoms with Crippen molar-refractivity contribution in [2.24, 2.45) is 5.73 Å². The van der Waals surface area contributed by atoms with Crippen molar-refractivity contribution in [1.29, 1.82) is 0 Å². The minimum absolute atomic E-state index is 0.0391. The topological polar surface area (TPSA) is 55.6 Å². The highest BCUT2D eigenvalue weighted by Crippen LogP contribution is 2.32. The molecule has 2 N–H and O–H groups in total. The van der Waals surface area contributed by atoms with Gasteiger partial charge in [-0.05, 0) is 19.8 Å². The molecule has 0 spiro atoms. The molecule has 0 aromatic heterocycles. The van der Waals surface area contributed by atoms with Crippen LogP contribution in [0.25, 0.3) is 0 Å². The normalized spacial score (nSPS) is 19.1. The van der Waals surface area contributed by atoms with Crippen LogP contribution in [0.5, 0.6) is 0 Å². The molecular formula is C11H22N2O2. The van der Waals surface area contributed by atoms with Gasteiger partial charge >= 0.3 is 0 Å². The summed E-state index contributed by atoms with van der Waals surface area (Å²) in [6, 6.07) is 0. The molecule has 15 heavy (non-hydrogen) atoms. The minimum Gasteiger partial charge on any atom is -0.364 e. The molecule has 88 valence electrons. The number of carbonyl (C=O) groups is 1. The average molecular weight is 214 g/mol. The van der Waals surface area contributed by atoms with Crippen LogP contribution in [-0.2, 0) is 9.53 Å². The van der Waals surface area contributed by atoms with E-state index in [9.17, 15) is 4.79 Å². The summed E-state index contributed by atoms with van der Waals surface area (Å²) in [5.41, 5.74) is 5.50. The zero-order valence-electron chi connectivity index (χ0n) is 9.79. The van der Waals surface area contributed by atoms with E-state index in [-0.39, 0.29) is 18.1 Å². The summed E-state index contributed by atoms with van der Waals surface area (Å²) in [6.45, 7) is 3.36. The lowest BCUT2D eigenvalue weighted by atomic mass is 10.0. The van der Waals surface area contributed by atoms with Gasteiger partial charge in [0, 0.05) is 20.1 Å². The number of nitrogens with zero attached hydrogens (tertiary/aromatic N) is 1. The maximum atomic E-state index is 11.5. The summed E-state index contributed by atoms with van der Waals surface area (Å²) in [6.07, 6.45) is 4.31. The Morgan fingerprint density at radius 3 is 2.53 bits per heavy atom. The highest BCUT2D eigenvalue weighted by atomic mass is 16.5. The fourth-order valence-corrected chi connectivity index (χ4v) is 1.93. The molecule has 0 aromatic rings. The molecule has 1 amide bonds. The van der Waals surface area contributed by atoms with Crippen molar-refractivity contribution in [2.45, 2.75) is 38.2 Å². The molecule has 0 saturated heterocycles. The fraction of sp³-hybridized carbons (Fsp3) is 0.909. The van der Waals surface area contributed by atoms with Crippen LogP contribution in [0.15, 0.2) is 0 Å². The Balaban J connectivity index is 2.37. The summed E-state index contributed by atoms with van der Waals surface area (Å²) in [4.78, 5) is 13.2. The van der Waals surface area contributed by atoms with Crippen molar-refractivity contribution in [3.05, 3.63) is 0 Å². The van der Waals surface area contributed by atoms with Crippen LogP contribution in [-0.4, -0.2) is 43.2 Å². The van der Waals surface area contributed by atoms with Crippen molar-refractivity contribution in [2.75, 3.05) is 26.7 Å². The van der Waals surface area contributed by atoms with E-state index >= 15 is 0 Å². The molecule has 1 saturated carbocycles. The van der Waals surface area contributed by atoms with Gasteiger partial charge in [-0.3, -0.25) is 4.79 Å². The lowest BCUT2D eigenvalue weighted by molar-refractivity contribution is -0.141. The van der Waals surface area contributed by atoms with Crippen molar-refractivity contribution in [3.8, 4) is 0 Å². The van der Waals surface area contributed by atoms with Crippen LogP contribution in [0.1, 0.15) is 32.6 Å². The first-order valence-corrected chi connectivity index (χ1v) is 5.71. The molecule has 0 heterocycles. The van der Waals surface area contributed by atoms with E-state index in [1.165, 1.54) is 0 Å². The molecule has 0 aromatic carbocycles. The van der Waals surface area contributed by atoms with Gasteiger partial charge in [0.05, 0.1) is 5.60 Å². The second kappa shape index (κ2) is 5.47. The standard InChI is InChI=1S/C11H22N2O2/c1-3-13(2)10(14)8-15-11(9-12)6-4-5-7-11/h3-9,12H2,1-2H3. The second-order valence-corrected chi connectivity index (χ2v) is 4.29. The first kappa shape index (κ1) is 12.5. The Labute approximate surface area is 91.8 Å². The van der Waals surface area contributed by atoms with E-state index in [1.54, 1.807) is 11.9 Å². The molecule has 0 aliphatic heterocycles.